The molecule has 2 rings (SSSR count). The molecule has 1 aromatic carbocycles. The molecular weight excluding hydrogens is 442 g/mol. The van der Waals surface area contributed by atoms with E-state index in [1.165, 1.54) is 6.33 Å². The first-order chi connectivity index (χ1) is 13.6. The fraction of sp³-hybridized carbons (Fsp3) is 0.368. The number of benzene rings is 1. The lowest BCUT2D eigenvalue weighted by Crippen LogP contribution is -2.50. The van der Waals surface area contributed by atoms with E-state index >= 15 is 0 Å². The number of amides is 3. The van der Waals surface area contributed by atoms with Crippen LogP contribution in [0.15, 0.2) is 41.3 Å². The number of nitrogens with zero attached hydrogens (tertiary/aromatic N) is 1. The van der Waals surface area contributed by atoms with Crippen molar-refractivity contribution in [1.29, 1.82) is 0 Å². The summed E-state index contributed by atoms with van der Waals surface area (Å²) in [6.07, 6.45) is 3.26. The lowest BCUT2D eigenvalue weighted by Gasteiger charge is -2.21. The molecule has 0 aliphatic rings. The molecule has 0 spiro atoms. The van der Waals surface area contributed by atoms with Crippen LogP contribution >= 0.6 is 15.9 Å². The van der Waals surface area contributed by atoms with Gasteiger partial charge in [-0.15, -0.1) is 0 Å². The highest BCUT2D eigenvalue weighted by Gasteiger charge is 2.24. The highest BCUT2D eigenvalue weighted by atomic mass is 79.9. The minimum atomic E-state index is -0.934. The number of nitrogens with one attached hydrogen (secondary N) is 4. The van der Waals surface area contributed by atoms with E-state index in [1.807, 2.05) is 0 Å². The second-order valence-corrected chi connectivity index (χ2v) is 8.14. The maximum Gasteiger partial charge on any atom is 0.325 e. The molecule has 1 aromatic heterocycles. The van der Waals surface area contributed by atoms with E-state index in [1.54, 1.807) is 51.2 Å². The Morgan fingerprint density at radius 2 is 1.90 bits per heavy atom. The van der Waals surface area contributed by atoms with Crippen molar-refractivity contribution < 1.29 is 19.1 Å². The quantitative estimate of drug-likeness (QED) is 0.467. The normalized spacial score (nSPS) is 12.0. The number of hydrogen-bond acceptors (Lipinski definition) is 5. The lowest BCUT2D eigenvalue weighted by atomic mass is 10.1. The van der Waals surface area contributed by atoms with Crippen molar-refractivity contribution in [1.82, 2.24) is 20.6 Å². The first-order valence-electron chi connectivity index (χ1n) is 8.93. The first-order valence-corrected chi connectivity index (χ1v) is 9.72. The van der Waals surface area contributed by atoms with Gasteiger partial charge >= 0.3 is 12.0 Å². The zero-order valence-electron chi connectivity index (χ0n) is 16.4. The van der Waals surface area contributed by atoms with Crippen LogP contribution in [0.4, 0.5) is 10.5 Å². The molecule has 9 nitrogen and oxygen atoms in total. The molecule has 4 N–H and O–H groups in total. The van der Waals surface area contributed by atoms with Crippen LogP contribution in [-0.4, -0.2) is 46.1 Å². The molecule has 1 unspecified atom stereocenters. The third-order valence-corrected chi connectivity index (χ3v) is 4.05. The number of halogens is 1. The Bertz CT molecular complexity index is 831. The van der Waals surface area contributed by atoms with Crippen LogP contribution in [-0.2, 0) is 20.7 Å². The Hall–Kier alpha value is -2.88. The molecule has 0 fully saturated rings. The minimum absolute atomic E-state index is 0.150. The minimum Gasteiger partial charge on any atom is -0.459 e. The molecule has 29 heavy (non-hydrogen) atoms. The van der Waals surface area contributed by atoms with Crippen LogP contribution in [0.2, 0.25) is 0 Å². The molecule has 1 heterocycles. The number of esters is 1. The average molecular weight is 466 g/mol. The molecule has 0 bridgehead atoms. The molecule has 0 radical (unpaired) electrons. The van der Waals surface area contributed by atoms with E-state index in [2.05, 4.69) is 41.8 Å². The predicted molar refractivity (Wildman–Crippen MR) is 111 cm³/mol. The molecule has 2 aromatic rings. The van der Waals surface area contributed by atoms with E-state index in [0.29, 0.717) is 11.4 Å². The zero-order chi connectivity index (χ0) is 21.4. The summed E-state index contributed by atoms with van der Waals surface area (Å²) in [7, 11) is 0. The van der Waals surface area contributed by atoms with Gasteiger partial charge in [0.05, 0.1) is 12.0 Å². The summed E-state index contributed by atoms with van der Waals surface area (Å²) in [5, 5.41) is 7.76. The van der Waals surface area contributed by atoms with Crippen molar-refractivity contribution >= 4 is 39.5 Å². The first kappa shape index (κ1) is 22.4. The molecule has 10 heteroatoms. The van der Waals surface area contributed by atoms with Crippen molar-refractivity contribution in [2.75, 3.05) is 11.9 Å². The van der Waals surface area contributed by atoms with Gasteiger partial charge in [0, 0.05) is 22.8 Å². The summed E-state index contributed by atoms with van der Waals surface area (Å²) in [4.78, 5) is 43.6. The summed E-state index contributed by atoms with van der Waals surface area (Å²) in [6, 6.07) is 5.51. The Labute approximate surface area is 177 Å². The van der Waals surface area contributed by atoms with Gasteiger partial charge in [0.15, 0.2) is 0 Å². The van der Waals surface area contributed by atoms with E-state index in [4.69, 9.17) is 4.74 Å². The van der Waals surface area contributed by atoms with Crippen molar-refractivity contribution in [3.63, 3.8) is 0 Å². The van der Waals surface area contributed by atoms with Crippen molar-refractivity contribution in [3.8, 4) is 0 Å². The number of carbonyl (C=O) groups excluding carboxylic acids is 3. The number of anilines is 1. The predicted octanol–water partition coefficient (Wildman–Crippen LogP) is 2.36. The van der Waals surface area contributed by atoms with Crippen LogP contribution in [0, 0.1) is 0 Å². The van der Waals surface area contributed by atoms with Gasteiger partial charge in [-0.2, -0.15) is 0 Å². The summed E-state index contributed by atoms with van der Waals surface area (Å²) in [6.45, 7) is 4.91. The maximum absolute atomic E-state index is 12.6. The maximum atomic E-state index is 12.6. The number of urea groups is 1. The molecule has 0 aliphatic heterocycles. The van der Waals surface area contributed by atoms with Gasteiger partial charge < -0.3 is 25.7 Å². The third kappa shape index (κ3) is 8.34. The van der Waals surface area contributed by atoms with Crippen molar-refractivity contribution in [2.24, 2.45) is 0 Å². The van der Waals surface area contributed by atoms with Gasteiger partial charge in [-0.3, -0.25) is 9.59 Å². The summed E-state index contributed by atoms with van der Waals surface area (Å²) >= 11 is 3.32. The number of rotatable bonds is 7. The molecular formula is C19H24BrN5O4. The topological polar surface area (TPSA) is 125 Å². The molecule has 1 atom stereocenters. The largest absolute Gasteiger partial charge is 0.459 e. The number of hydrogen-bond donors (Lipinski definition) is 4. The highest BCUT2D eigenvalue weighted by molar-refractivity contribution is 9.10. The number of H-pyrrole nitrogens is 1. The van der Waals surface area contributed by atoms with Crippen LogP contribution in [0.5, 0.6) is 0 Å². The third-order valence-electron chi connectivity index (χ3n) is 3.52. The number of imidazole rings is 1. The molecule has 3 amide bonds. The zero-order valence-corrected chi connectivity index (χ0v) is 18.0. The number of ether oxygens (including phenoxy) is 1. The van der Waals surface area contributed by atoms with Gasteiger partial charge in [0.1, 0.15) is 18.2 Å². The molecule has 0 saturated heterocycles. The van der Waals surface area contributed by atoms with E-state index < -0.39 is 29.6 Å². The van der Waals surface area contributed by atoms with Crippen molar-refractivity contribution in [2.45, 2.75) is 38.8 Å². The van der Waals surface area contributed by atoms with Gasteiger partial charge in [-0.05, 0) is 45.0 Å². The Morgan fingerprint density at radius 1 is 1.21 bits per heavy atom. The number of carbonyl (C=O) groups is 3. The summed E-state index contributed by atoms with van der Waals surface area (Å²) in [5.74, 6) is -1.09. The van der Waals surface area contributed by atoms with Crippen LogP contribution in [0.1, 0.15) is 26.5 Å². The SMILES string of the molecule is CC(C)(C)OC(=O)CNC(=O)C(Cc1c[nH]cn1)NC(=O)Nc1ccc(Br)cc1. The fourth-order valence-corrected chi connectivity index (χ4v) is 2.60. The molecule has 0 saturated carbocycles. The Kier molecular flexibility index (Phi) is 7.77. The lowest BCUT2D eigenvalue weighted by molar-refractivity contribution is -0.154. The second-order valence-electron chi connectivity index (χ2n) is 7.23. The van der Waals surface area contributed by atoms with E-state index in [9.17, 15) is 14.4 Å². The Morgan fingerprint density at radius 3 is 2.48 bits per heavy atom. The van der Waals surface area contributed by atoms with Crippen LogP contribution in [0.25, 0.3) is 0 Å². The van der Waals surface area contributed by atoms with Gasteiger partial charge in [0.25, 0.3) is 0 Å². The summed E-state index contributed by atoms with van der Waals surface area (Å²) in [5.41, 5.74) is 0.503. The molecule has 0 aliphatic carbocycles. The smallest absolute Gasteiger partial charge is 0.325 e. The molecule has 156 valence electrons. The highest BCUT2D eigenvalue weighted by Crippen LogP contribution is 2.14. The second kappa shape index (κ2) is 10.1. The van der Waals surface area contributed by atoms with E-state index in [-0.39, 0.29) is 13.0 Å². The number of aromatic amines is 1. The van der Waals surface area contributed by atoms with Crippen LogP contribution in [0.3, 0.4) is 0 Å². The number of aromatic nitrogens is 2. The van der Waals surface area contributed by atoms with Crippen LogP contribution < -0.4 is 16.0 Å². The van der Waals surface area contributed by atoms with Gasteiger partial charge in [-0.25, -0.2) is 9.78 Å². The van der Waals surface area contributed by atoms with Gasteiger partial charge in [-0.1, -0.05) is 15.9 Å². The Balaban J connectivity index is 1.98. The average Bonchev–Trinajstić information content (AvgIpc) is 3.13. The fourth-order valence-electron chi connectivity index (χ4n) is 2.34. The van der Waals surface area contributed by atoms with E-state index in [0.717, 1.165) is 4.47 Å². The van der Waals surface area contributed by atoms with Gasteiger partial charge in [0.2, 0.25) is 5.91 Å². The van der Waals surface area contributed by atoms with Crippen molar-refractivity contribution in [3.05, 3.63) is 47.0 Å². The standard InChI is InChI=1S/C19H24BrN5O4/c1-19(2,3)29-16(26)10-22-17(27)15(8-14-9-21-11-23-14)25-18(28)24-13-6-4-12(20)5-7-13/h4-7,9,11,15H,8,10H2,1-3H3,(H,21,23)(H,22,27)(H2,24,25,28). The summed E-state index contributed by atoms with van der Waals surface area (Å²) < 4.78 is 6.05. The monoisotopic (exact) mass is 465 g/mol.